The molecule has 4 aromatic heterocycles. The van der Waals surface area contributed by atoms with Gasteiger partial charge in [-0.05, 0) is 24.3 Å². The van der Waals surface area contributed by atoms with Crippen molar-refractivity contribution in [3.63, 3.8) is 0 Å². The molecule has 0 aliphatic carbocycles. The van der Waals surface area contributed by atoms with Crippen LogP contribution in [0.5, 0.6) is 0 Å². The fourth-order valence-electron chi connectivity index (χ4n) is 3.38. The number of ether oxygens (including phenoxy) is 1. The summed E-state index contributed by atoms with van der Waals surface area (Å²) in [5, 5.41) is 11.6. The normalized spacial score (nSPS) is 14.2. The summed E-state index contributed by atoms with van der Waals surface area (Å²) in [6.45, 7) is 2.90. The Morgan fingerprint density at radius 2 is 2.00 bits per heavy atom. The molecular weight excluding hydrogens is 384 g/mol. The van der Waals surface area contributed by atoms with Gasteiger partial charge in [0.05, 0.1) is 31.3 Å². The molecule has 152 valence electrons. The Balaban J connectivity index is 1.41. The fraction of sp³-hybridized carbons (Fsp3) is 0.250. The SMILES string of the molecule is Cn1cc(-c2ccc3ncc(C(=O)Nc4cccc(N5CCOCC5)n4)n3n2)cn1. The lowest BCUT2D eigenvalue weighted by molar-refractivity contribution is 0.102. The number of morpholine rings is 1. The molecule has 1 fully saturated rings. The second-order valence-corrected chi connectivity index (χ2v) is 6.97. The topological polar surface area (TPSA) is 102 Å². The Bertz CT molecular complexity index is 1210. The molecule has 1 amide bonds. The molecule has 0 spiro atoms. The van der Waals surface area contributed by atoms with E-state index in [0.29, 0.717) is 36.1 Å². The molecule has 5 heterocycles. The Hall–Kier alpha value is -3.79. The van der Waals surface area contributed by atoms with Gasteiger partial charge in [0.15, 0.2) is 11.3 Å². The van der Waals surface area contributed by atoms with Gasteiger partial charge >= 0.3 is 0 Å². The lowest BCUT2D eigenvalue weighted by Crippen LogP contribution is -2.36. The van der Waals surface area contributed by atoms with Crippen molar-refractivity contribution in [2.45, 2.75) is 0 Å². The molecular formula is C20H20N8O2. The fourth-order valence-corrected chi connectivity index (χ4v) is 3.38. The number of aromatic nitrogens is 6. The maximum Gasteiger partial charge on any atom is 0.277 e. The number of fused-ring (bicyclic) bond motifs is 1. The molecule has 0 atom stereocenters. The standard InChI is InChI=1S/C20H20N8O2/c1-26-13-14(11-22-26)15-5-6-18-21-12-16(28(18)25-15)20(29)24-17-3-2-4-19(23-17)27-7-9-30-10-8-27/h2-6,11-13H,7-10H2,1H3,(H,23,24,29). The van der Waals surface area contributed by atoms with Crippen molar-refractivity contribution in [1.82, 2.24) is 29.4 Å². The number of nitrogens with zero attached hydrogens (tertiary/aromatic N) is 7. The number of hydrogen-bond donors (Lipinski definition) is 1. The summed E-state index contributed by atoms with van der Waals surface area (Å²) in [6.07, 6.45) is 5.11. The maximum atomic E-state index is 12.9. The molecule has 10 heteroatoms. The van der Waals surface area contributed by atoms with Gasteiger partial charge < -0.3 is 15.0 Å². The van der Waals surface area contributed by atoms with Crippen LogP contribution >= 0.6 is 0 Å². The molecule has 0 aromatic carbocycles. The predicted molar refractivity (Wildman–Crippen MR) is 110 cm³/mol. The minimum atomic E-state index is -0.329. The van der Waals surface area contributed by atoms with Crippen LogP contribution in [-0.2, 0) is 11.8 Å². The first kappa shape index (κ1) is 18.3. The second kappa shape index (κ2) is 7.56. The van der Waals surface area contributed by atoms with Gasteiger partial charge in [-0.1, -0.05) is 6.07 Å². The number of amides is 1. The van der Waals surface area contributed by atoms with Gasteiger partial charge in [-0.2, -0.15) is 10.2 Å². The third-order valence-corrected chi connectivity index (χ3v) is 4.91. The molecule has 1 aliphatic rings. The number of hydrogen-bond acceptors (Lipinski definition) is 7. The number of imidazole rings is 1. The van der Waals surface area contributed by atoms with Gasteiger partial charge in [0.1, 0.15) is 11.6 Å². The second-order valence-electron chi connectivity index (χ2n) is 6.97. The van der Waals surface area contributed by atoms with Crippen LogP contribution in [0.3, 0.4) is 0 Å². The zero-order valence-corrected chi connectivity index (χ0v) is 16.4. The van der Waals surface area contributed by atoms with E-state index in [-0.39, 0.29) is 5.91 Å². The summed E-state index contributed by atoms with van der Waals surface area (Å²) in [7, 11) is 1.84. The highest BCUT2D eigenvalue weighted by Crippen LogP contribution is 2.19. The van der Waals surface area contributed by atoms with Crippen LogP contribution in [0.4, 0.5) is 11.6 Å². The highest BCUT2D eigenvalue weighted by atomic mass is 16.5. The summed E-state index contributed by atoms with van der Waals surface area (Å²) in [6, 6.07) is 9.24. The van der Waals surface area contributed by atoms with Crippen molar-refractivity contribution >= 4 is 23.2 Å². The van der Waals surface area contributed by atoms with E-state index in [2.05, 4.69) is 30.4 Å². The van der Waals surface area contributed by atoms with Gasteiger partial charge in [-0.3, -0.25) is 9.48 Å². The number of nitrogens with one attached hydrogen (secondary N) is 1. The number of aryl methyl sites for hydroxylation is 1. The quantitative estimate of drug-likeness (QED) is 0.551. The van der Waals surface area contributed by atoms with Crippen LogP contribution in [0.2, 0.25) is 0 Å². The van der Waals surface area contributed by atoms with Gasteiger partial charge in [-0.25, -0.2) is 14.5 Å². The summed E-state index contributed by atoms with van der Waals surface area (Å²) in [4.78, 5) is 23.9. The zero-order valence-electron chi connectivity index (χ0n) is 16.4. The van der Waals surface area contributed by atoms with E-state index in [0.717, 1.165) is 24.5 Å². The van der Waals surface area contributed by atoms with E-state index in [1.807, 2.05) is 37.5 Å². The monoisotopic (exact) mass is 404 g/mol. The van der Waals surface area contributed by atoms with E-state index in [1.165, 1.54) is 10.7 Å². The lowest BCUT2D eigenvalue weighted by Gasteiger charge is -2.27. The molecule has 1 aliphatic heterocycles. The highest BCUT2D eigenvalue weighted by molar-refractivity contribution is 6.03. The summed E-state index contributed by atoms with van der Waals surface area (Å²) in [5.41, 5.74) is 2.48. The molecule has 5 rings (SSSR count). The van der Waals surface area contributed by atoms with Gasteiger partial charge in [0, 0.05) is 31.9 Å². The number of carbonyl (C=O) groups is 1. The molecule has 4 aromatic rings. The maximum absolute atomic E-state index is 12.9. The Kier molecular flexibility index (Phi) is 4.60. The zero-order chi connectivity index (χ0) is 20.5. The van der Waals surface area contributed by atoms with Gasteiger partial charge in [0.2, 0.25) is 0 Å². The average Bonchev–Trinajstić information content (AvgIpc) is 3.40. The van der Waals surface area contributed by atoms with Crippen molar-refractivity contribution in [3.05, 3.63) is 54.6 Å². The molecule has 0 bridgehead atoms. The first-order chi connectivity index (χ1) is 14.7. The first-order valence-electron chi connectivity index (χ1n) is 9.62. The van der Waals surface area contributed by atoms with E-state index < -0.39 is 0 Å². The van der Waals surface area contributed by atoms with Crippen LogP contribution in [0, 0.1) is 0 Å². The summed E-state index contributed by atoms with van der Waals surface area (Å²) >= 11 is 0. The number of anilines is 2. The summed E-state index contributed by atoms with van der Waals surface area (Å²) in [5.74, 6) is 0.957. The van der Waals surface area contributed by atoms with Crippen molar-refractivity contribution in [2.24, 2.45) is 7.05 Å². The highest BCUT2D eigenvalue weighted by Gasteiger charge is 2.17. The van der Waals surface area contributed by atoms with Crippen LogP contribution < -0.4 is 10.2 Å². The Labute approximate surface area is 172 Å². The smallest absolute Gasteiger partial charge is 0.277 e. The third-order valence-electron chi connectivity index (χ3n) is 4.91. The largest absolute Gasteiger partial charge is 0.378 e. The minimum absolute atomic E-state index is 0.328. The summed E-state index contributed by atoms with van der Waals surface area (Å²) < 4.78 is 8.62. The van der Waals surface area contributed by atoms with Crippen LogP contribution in [0.25, 0.3) is 16.9 Å². The van der Waals surface area contributed by atoms with E-state index in [4.69, 9.17) is 4.74 Å². The van der Waals surface area contributed by atoms with E-state index in [9.17, 15) is 4.79 Å². The van der Waals surface area contributed by atoms with Crippen LogP contribution in [-0.4, -0.2) is 61.6 Å². The third kappa shape index (κ3) is 3.48. The van der Waals surface area contributed by atoms with Gasteiger partial charge in [0.25, 0.3) is 5.91 Å². The number of carbonyl (C=O) groups excluding carboxylic acids is 1. The molecule has 1 saturated heterocycles. The van der Waals surface area contributed by atoms with Crippen molar-refractivity contribution < 1.29 is 9.53 Å². The van der Waals surface area contributed by atoms with E-state index >= 15 is 0 Å². The van der Waals surface area contributed by atoms with Crippen LogP contribution in [0.15, 0.2) is 48.9 Å². The van der Waals surface area contributed by atoms with Gasteiger partial charge in [-0.15, -0.1) is 0 Å². The first-order valence-corrected chi connectivity index (χ1v) is 9.62. The average molecular weight is 404 g/mol. The Morgan fingerprint density at radius 3 is 2.80 bits per heavy atom. The van der Waals surface area contributed by atoms with E-state index in [1.54, 1.807) is 16.9 Å². The number of pyridine rings is 1. The van der Waals surface area contributed by atoms with Crippen molar-refractivity contribution in [3.8, 4) is 11.3 Å². The molecule has 1 N–H and O–H groups in total. The molecule has 10 nitrogen and oxygen atoms in total. The minimum Gasteiger partial charge on any atom is -0.378 e. The lowest BCUT2D eigenvalue weighted by atomic mass is 10.2. The Morgan fingerprint density at radius 1 is 1.13 bits per heavy atom. The molecule has 0 radical (unpaired) electrons. The molecule has 0 saturated carbocycles. The van der Waals surface area contributed by atoms with Crippen molar-refractivity contribution in [2.75, 3.05) is 36.5 Å². The number of rotatable bonds is 4. The molecule has 30 heavy (non-hydrogen) atoms. The van der Waals surface area contributed by atoms with Crippen LogP contribution in [0.1, 0.15) is 10.5 Å². The predicted octanol–water partition coefficient (Wildman–Crippen LogP) is 1.61. The van der Waals surface area contributed by atoms with Crippen molar-refractivity contribution in [1.29, 1.82) is 0 Å². The molecule has 0 unspecified atom stereocenters.